The summed E-state index contributed by atoms with van der Waals surface area (Å²) in [6.45, 7) is 0. The first-order chi connectivity index (χ1) is 8.58. The van der Waals surface area contributed by atoms with Crippen molar-refractivity contribution in [2.45, 2.75) is 19.3 Å². The van der Waals surface area contributed by atoms with Crippen molar-refractivity contribution in [1.82, 2.24) is 0 Å². The fourth-order valence-corrected chi connectivity index (χ4v) is 2.76. The lowest BCUT2D eigenvalue weighted by Crippen LogP contribution is -2.22. The summed E-state index contributed by atoms with van der Waals surface area (Å²) in [5, 5.41) is 11.8. The van der Waals surface area contributed by atoms with Crippen LogP contribution in [-0.4, -0.2) is 17.0 Å². The summed E-state index contributed by atoms with van der Waals surface area (Å²) in [5.74, 6) is -1.40. The summed E-state index contributed by atoms with van der Waals surface area (Å²) in [5.41, 5.74) is 0.793. The van der Waals surface area contributed by atoms with E-state index in [1.807, 2.05) is 24.3 Å². The first-order valence-corrected chi connectivity index (χ1v) is 6.94. The second-order valence-electron chi connectivity index (χ2n) is 4.51. The molecule has 0 saturated heterocycles. The monoisotopic (exact) mass is 359 g/mol. The molecule has 1 amide bonds. The first kappa shape index (κ1) is 13.3. The van der Waals surface area contributed by atoms with Crippen LogP contribution in [0.5, 0.6) is 0 Å². The Labute approximate surface area is 119 Å². The molecule has 0 bridgehead atoms. The molecule has 0 aliphatic heterocycles. The van der Waals surface area contributed by atoms with Gasteiger partial charge in [-0.25, -0.2) is 0 Å². The maximum Gasteiger partial charge on any atom is 0.306 e. The summed E-state index contributed by atoms with van der Waals surface area (Å²) in [7, 11) is 0. The Balaban J connectivity index is 1.98. The smallest absolute Gasteiger partial charge is 0.306 e. The van der Waals surface area contributed by atoms with Gasteiger partial charge >= 0.3 is 5.97 Å². The summed E-state index contributed by atoms with van der Waals surface area (Å²) in [6, 6.07) is 7.55. The lowest BCUT2D eigenvalue weighted by atomic mass is 10.0. The highest BCUT2D eigenvalue weighted by Crippen LogP contribution is 2.32. The SMILES string of the molecule is O=C(O)[C@H]1CC[C@@H](C(=O)Nc2ccccc2I)C1. The van der Waals surface area contributed by atoms with E-state index in [2.05, 4.69) is 27.9 Å². The molecule has 1 saturated carbocycles. The number of aliphatic carboxylic acids is 1. The minimum atomic E-state index is -0.792. The van der Waals surface area contributed by atoms with E-state index in [-0.39, 0.29) is 17.7 Å². The van der Waals surface area contributed by atoms with Crippen LogP contribution in [0.15, 0.2) is 24.3 Å². The average Bonchev–Trinajstić information content (AvgIpc) is 2.81. The number of rotatable bonds is 3. The number of amides is 1. The van der Waals surface area contributed by atoms with Crippen molar-refractivity contribution in [1.29, 1.82) is 0 Å². The Morgan fingerprint density at radius 2 is 1.89 bits per heavy atom. The van der Waals surface area contributed by atoms with Crippen LogP contribution >= 0.6 is 22.6 Å². The highest BCUT2D eigenvalue weighted by Gasteiger charge is 2.33. The number of anilines is 1. The molecule has 0 heterocycles. The van der Waals surface area contributed by atoms with E-state index in [0.717, 1.165) is 9.26 Å². The standard InChI is InChI=1S/C13H14INO3/c14-10-3-1-2-4-11(10)15-12(16)8-5-6-9(7-8)13(17)18/h1-4,8-9H,5-7H2,(H,15,16)(H,17,18)/t8-,9+/m1/s1. The molecule has 18 heavy (non-hydrogen) atoms. The normalized spacial score (nSPS) is 22.7. The van der Waals surface area contributed by atoms with Crippen molar-refractivity contribution in [3.05, 3.63) is 27.8 Å². The molecule has 2 atom stereocenters. The molecule has 1 fully saturated rings. The molecule has 1 aliphatic rings. The highest BCUT2D eigenvalue weighted by molar-refractivity contribution is 14.1. The summed E-state index contributed by atoms with van der Waals surface area (Å²) < 4.78 is 0.983. The first-order valence-electron chi connectivity index (χ1n) is 5.86. The van der Waals surface area contributed by atoms with Gasteiger partial charge in [-0.05, 0) is 54.0 Å². The van der Waals surface area contributed by atoms with Crippen molar-refractivity contribution in [2.24, 2.45) is 11.8 Å². The van der Waals surface area contributed by atoms with Crippen molar-refractivity contribution in [3.8, 4) is 0 Å². The van der Waals surface area contributed by atoms with Gasteiger partial charge in [0.2, 0.25) is 5.91 Å². The second-order valence-corrected chi connectivity index (χ2v) is 5.68. The van der Waals surface area contributed by atoms with Crippen LogP contribution in [0.4, 0.5) is 5.69 Å². The lowest BCUT2D eigenvalue weighted by molar-refractivity contribution is -0.141. The van der Waals surface area contributed by atoms with E-state index in [1.54, 1.807) is 0 Å². The van der Waals surface area contributed by atoms with Gasteiger partial charge in [-0.15, -0.1) is 0 Å². The Kier molecular flexibility index (Phi) is 4.21. The van der Waals surface area contributed by atoms with E-state index < -0.39 is 5.97 Å². The van der Waals surface area contributed by atoms with E-state index in [0.29, 0.717) is 19.3 Å². The zero-order chi connectivity index (χ0) is 13.1. The van der Waals surface area contributed by atoms with E-state index in [1.165, 1.54) is 0 Å². The number of carbonyl (C=O) groups is 2. The molecule has 4 nitrogen and oxygen atoms in total. The van der Waals surface area contributed by atoms with Gasteiger partial charge in [0.1, 0.15) is 0 Å². The summed E-state index contributed by atoms with van der Waals surface area (Å²) in [6.07, 6.45) is 1.70. The predicted octanol–water partition coefficient (Wildman–Crippen LogP) is 2.73. The van der Waals surface area contributed by atoms with Crippen LogP contribution < -0.4 is 5.32 Å². The topological polar surface area (TPSA) is 66.4 Å². The van der Waals surface area contributed by atoms with Crippen molar-refractivity contribution in [2.75, 3.05) is 5.32 Å². The van der Waals surface area contributed by atoms with E-state index in [4.69, 9.17) is 5.11 Å². The minimum absolute atomic E-state index is 0.0668. The van der Waals surface area contributed by atoms with E-state index >= 15 is 0 Å². The Bertz CT molecular complexity index is 475. The van der Waals surface area contributed by atoms with Crippen molar-refractivity contribution >= 4 is 40.2 Å². The molecule has 1 aromatic carbocycles. The number of carbonyl (C=O) groups excluding carboxylic acids is 1. The third-order valence-electron chi connectivity index (χ3n) is 3.28. The summed E-state index contributed by atoms with van der Waals surface area (Å²) in [4.78, 5) is 22.9. The summed E-state index contributed by atoms with van der Waals surface area (Å²) >= 11 is 2.16. The Hall–Kier alpha value is -1.11. The van der Waals surface area contributed by atoms with E-state index in [9.17, 15) is 9.59 Å². The number of carboxylic acid groups (broad SMARTS) is 1. The predicted molar refractivity (Wildman–Crippen MR) is 76.3 cm³/mol. The van der Waals surface area contributed by atoms with Gasteiger partial charge in [-0.3, -0.25) is 9.59 Å². The molecular weight excluding hydrogens is 345 g/mol. The van der Waals surface area contributed by atoms with Gasteiger partial charge in [0.05, 0.1) is 11.6 Å². The third-order valence-corrected chi connectivity index (χ3v) is 4.23. The molecule has 0 aromatic heterocycles. The molecule has 2 rings (SSSR count). The quantitative estimate of drug-likeness (QED) is 0.816. The van der Waals surface area contributed by atoms with Crippen molar-refractivity contribution in [3.63, 3.8) is 0 Å². The fourth-order valence-electron chi connectivity index (χ4n) is 2.24. The largest absolute Gasteiger partial charge is 0.481 e. The van der Waals surface area contributed by atoms with Crippen LogP contribution in [-0.2, 0) is 9.59 Å². The number of hydrogen-bond acceptors (Lipinski definition) is 2. The molecule has 2 N–H and O–H groups in total. The van der Waals surface area contributed by atoms with Gasteiger partial charge in [-0.2, -0.15) is 0 Å². The molecule has 96 valence electrons. The van der Waals surface area contributed by atoms with Crippen LogP contribution in [0.2, 0.25) is 0 Å². The molecule has 1 aliphatic carbocycles. The van der Waals surface area contributed by atoms with Crippen LogP contribution in [0, 0.1) is 15.4 Å². The highest BCUT2D eigenvalue weighted by atomic mass is 127. The molecule has 0 spiro atoms. The molecule has 0 unspecified atom stereocenters. The van der Waals surface area contributed by atoms with Gasteiger partial charge in [0, 0.05) is 9.49 Å². The maximum absolute atomic E-state index is 12.0. The second kappa shape index (κ2) is 5.69. The molecule has 5 heteroatoms. The number of halogens is 1. The fraction of sp³-hybridized carbons (Fsp3) is 0.385. The van der Waals surface area contributed by atoms with Gasteiger partial charge in [0.15, 0.2) is 0 Å². The Morgan fingerprint density at radius 1 is 1.22 bits per heavy atom. The zero-order valence-electron chi connectivity index (χ0n) is 9.73. The molecule has 0 radical (unpaired) electrons. The van der Waals surface area contributed by atoms with Gasteiger partial charge in [-0.1, -0.05) is 12.1 Å². The average molecular weight is 359 g/mol. The number of carboxylic acids is 1. The van der Waals surface area contributed by atoms with Gasteiger partial charge in [0.25, 0.3) is 0 Å². The lowest BCUT2D eigenvalue weighted by Gasteiger charge is -2.11. The molecule has 1 aromatic rings. The van der Waals surface area contributed by atoms with Gasteiger partial charge < -0.3 is 10.4 Å². The third kappa shape index (κ3) is 3.01. The van der Waals surface area contributed by atoms with Crippen LogP contribution in [0.25, 0.3) is 0 Å². The maximum atomic E-state index is 12.0. The molecular formula is C13H14INO3. The minimum Gasteiger partial charge on any atom is -0.481 e. The van der Waals surface area contributed by atoms with Crippen LogP contribution in [0.3, 0.4) is 0 Å². The zero-order valence-corrected chi connectivity index (χ0v) is 11.9. The Morgan fingerprint density at radius 3 is 2.50 bits per heavy atom. The number of hydrogen-bond donors (Lipinski definition) is 2. The number of para-hydroxylation sites is 1. The number of benzene rings is 1. The van der Waals surface area contributed by atoms with Crippen molar-refractivity contribution < 1.29 is 14.7 Å². The number of nitrogens with one attached hydrogen (secondary N) is 1. The van der Waals surface area contributed by atoms with Crippen LogP contribution in [0.1, 0.15) is 19.3 Å².